The summed E-state index contributed by atoms with van der Waals surface area (Å²) < 4.78 is 0.728. The van der Waals surface area contributed by atoms with Crippen molar-refractivity contribution in [2.24, 2.45) is 0 Å². The Balaban J connectivity index is 2.40. The lowest BCUT2D eigenvalue weighted by Crippen LogP contribution is -2.30. The minimum absolute atomic E-state index is 0.728. The van der Waals surface area contributed by atoms with Crippen molar-refractivity contribution in [3.8, 4) is 0 Å². The van der Waals surface area contributed by atoms with Gasteiger partial charge < -0.3 is 0 Å². The van der Waals surface area contributed by atoms with Crippen molar-refractivity contribution < 1.29 is 0 Å². The van der Waals surface area contributed by atoms with E-state index in [9.17, 15) is 0 Å². The lowest BCUT2D eigenvalue weighted by atomic mass is 10.1. The van der Waals surface area contributed by atoms with Crippen molar-refractivity contribution >= 4 is 26.3 Å². The maximum atomic E-state index is 7.59. The molecule has 0 spiro atoms. The summed E-state index contributed by atoms with van der Waals surface area (Å²) >= 11 is 2.11. The Morgan fingerprint density at radius 1 is 1.24 bits per heavy atom. The summed E-state index contributed by atoms with van der Waals surface area (Å²) in [4.78, 5) is 2.38. The molecule has 0 aliphatic heterocycles. The predicted octanol–water partition coefficient (Wildman–Crippen LogP) is 3.74. The summed E-state index contributed by atoms with van der Waals surface area (Å²) in [5.41, 5.74) is 1.38. The fourth-order valence-electron chi connectivity index (χ4n) is 1.78. The molecule has 0 saturated heterocycles. The van der Waals surface area contributed by atoms with Crippen LogP contribution in [-0.4, -0.2) is 28.3 Å². The number of halogens is 1. The number of rotatable bonds is 8. The van der Waals surface area contributed by atoms with Gasteiger partial charge in [0.2, 0.25) is 0 Å². The lowest BCUT2D eigenvalue weighted by molar-refractivity contribution is 0.311. The van der Waals surface area contributed by atoms with E-state index in [4.69, 9.17) is 5.41 Å². The van der Waals surface area contributed by atoms with Crippen LogP contribution in [0.2, 0.25) is 0 Å². The maximum Gasteiger partial charge on any atom is 0.0834 e. The number of nitrogens with zero attached hydrogens (tertiary/aromatic N) is 1. The van der Waals surface area contributed by atoms with Gasteiger partial charge in [-0.25, -0.2) is 0 Å². The number of nitrogens with one attached hydrogen (secondary N) is 1. The predicted molar refractivity (Wildman–Crippen MR) is 83.2 cm³/mol. The van der Waals surface area contributed by atoms with Crippen LogP contribution in [-0.2, 0) is 6.42 Å². The first-order chi connectivity index (χ1) is 8.22. The summed E-state index contributed by atoms with van der Waals surface area (Å²) in [6.45, 7) is 5.17. The molecule has 3 heteroatoms. The van der Waals surface area contributed by atoms with E-state index in [2.05, 4.69) is 64.7 Å². The van der Waals surface area contributed by atoms with Crippen LogP contribution in [0.5, 0.6) is 0 Å². The standard InChI is InChI=1S/C14H21IN2/c1-2-3-10-17(12-14(15)16)11-9-13-7-5-4-6-8-13/h4-8,16H,2-3,9-12H2,1H3. The zero-order valence-electron chi connectivity index (χ0n) is 10.5. The largest absolute Gasteiger partial charge is 0.297 e. The molecule has 0 radical (unpaired) electrons. The third-order valence-electron chi connectivity index (χ3n) is 2.75. The molecule has 0 bridgehead atoms. The summed E-state index contributed by atoms with van der Waals surface area (Å²) in [5, 5.41) is 7.59. The first kappa shape index (κ1) is 14.6. The molecule has 0 atom stereocenters. The molecule has 0 saturated carbocycles. The van der Waals surface area contributed by atoms with Crippen molar-refractivity contribution in [1.29, 1.82) is 5.41 Å². The Labute approximate surface area is 118 Å². The molecule has 1 N–H and O–H groups in total. The van der Waals surface area contributed by atoms with E-state index >= 15 is 0 Å². The Kier molecular flexibility index (Phi) is 7.44. The molecule has 94 valence electrons. The van der Waals surface area contributed by atoms with Crippen LogP contribution in [0.15, 0.2) is 30.3 Å². The Morgan fingerprint density at radius 2 is 1.94 bits per heavy atom. The van der Waals surface area contributed by atoms with Gasteiger partial charge in [0, 0.05) is 13.1 Å². The molecule has 0 aliphatic rings. The Morgan fingerprint density at radius 3 is 2.53 bits per heavy atom. The van der Waals surface area contributed by atoms with Crippen molar-refractivity contribution in [3.63, 3.8) is 0 Å². The van der Waals surface area contributed by atoms with Crippen LogP contribution in [0, 0.1) is 5.41 Å². The van der Waals surface area contributed by atoms with Gasteiger partial charge in [-0.15, -0.1) is 0 Å². The fourth-order valence-corrected chi connectivity index (χ4v) is 2.26. The van der Waals surface area contributed by atoms with Gasteiger partial charge in [-0.1, -0.05) is 43.7 Å². The third kappa shape index (κ3) is 6.78. The van der Waals surface area contributed by atoms with Crippen molar-refractivity contribution in [3.05, 3.63) is 35.9 Å². The van der Waals surface area contributed by atoms with Crippen LogP contribution in [0.25, 0.3) is 0 Å². The monoisotopic (exact) mass is 344 g/mol. The van der Waals surface area contributed by atoms with Crippen LogP contribution in [0.3, 0.4) is 0 Å². The van der Waals surface area contributed by atoms with Crippen LogP contribution >= 0.6 is 22.6 Å². The van der Waals surface area contributed by atoms with E-state index in [-0.39, 0.29) is 0 Å². The first-order valence-corrected chi connectivity index (χ1v) is 7.29. The van der Waals surface area contributed by atoms with Crippen molar-refractivity contribution in [1.82, 2.24) is 4.90 Å². The lowest BCUT2D eigenvalue weighted by Gasteiger charge is -2.21. The number of hydrogen-bond donors (Lipinski definition) is 1. The third-order valence-corrected chi connectivity index (χ3v) is 3.09. The van der Waals surface area contributed by atoms with E-state index < -0.39 is 0 Å². The van der Waals surface area contributed by atoms with Gasteiger partial charge in [0.1, 0.15) is 0 Å². The van der Waals surface area contributed by atoms with Gasteiger partial charge in [-0.3, -0.25) is 10.3 Å². The SMILES string of the molecule is CCCCN(CCc1ccccc1)CC(=N)I. The van der Waals surface area contributed by atoms with Crippen molar-refractivity contribution in [2.45, 2.75) is 26.2 Å². The topological polar surface area (TPSA) is 27.1 Å². The minimum Gasteiger partial charge on any atom is -0.297 e. The second-order valence-electron chi connectivity index (χ2n) is 4.27. The highest BCUT2D eigenvalue weighted by atomic mass is 127. The molecule has 0 heterocycles. The molecule has 1 aromatic rings. The average Bonchev–Trinajstić information content (AvgIpc) is 2.33. The van der Waals surface area contributed by atoms with Gasteiger partial charge in [0.15, 0.2) is 0 Å². The highest BCUT2D eigenvalue weighted by molar-refractivity contribution is 14.1. The van der Waals surface area contributed by atoms with Gasteiger partial charge in [0.25, 0.3) is 0 Å². The van der Waals surface area contributed by atoms with E-state index in [1.165, 1.54) is 18.4 Å². The second-order valence-corrected chi connectivity index (χ2v) is 5.57. The maximum absolute atomic E-state index is 7.59. The highest BCUT2D eigenvalue weighted by Crippen LogP contribution is 2.04. The minimum atomic E-state index is 0.728. The molecule has 0 unspecified atom stereocenters. The van der Waals surface area contributed by atoms with Crippen molar-refractivity contribution in [2.75, 3.05) is 19.6 Å². The van der Waals surface area contributed by atoms with E-state index in [0.29, 0.717) is 0 Å². The number of hydrogen-bond acceptors (Lipinski definition) is 2. The normalized spacial score (nSPS) is 10.8. The average molecular weight is 344 g/mol. The second kappa shape index (κ2) is 8.64. The summed E-state index contributed by atoms with van der Waals surface area (Å²) in [6.07, 6.45) is 3.52. The van der Waals surface area contributed by atoms with Gasteiger partial charge in [-0.05, 0) is 47.5 Å². The molecule has 0 aromatic heterocycles. The fraction of sp³-hybridized carbons (Fsp3) is 0.500. The Bertz CT molecular complexity index is 324. The molecular weight excluding hydrogens is 323 g/mol. The van der Waals surface area contributed by atoms with Crippen LogP contribution in [0.4, 0.5) is 0 Å². The molecule has 17 heavy (non-hydrogen) atoms. The van der Waals surface area contributed by atoms with E-state index in [0.717, 1.165) is 29.8 Å². The molecule has 0 aliphatic carbocycles. The summed E-state index contributed by atoms with van der Waals surface area (Å²) in [7, 11) is 0. The number of benzene rings is 1. The number of unbranched alkanes of at least 4 members (excludes halogenated alkanes) is 1. The first-order valence-electron chi connectivity index (χ1n) is 6.21. The van der Waals surface area contributed by atoms with E-state index in [1.807, 2.05) is 0 Å². The zero-order valence-corrected chi connectivity index (χ0v) is 12.6. The van der Waals surface area contributed by atoms with Gasteiger partial charge >= 0.3 is 0 Å². The summed E-state index contributed by atoms with van der Waals surface area (Å²) in [6, 6.07) is 10.6. The van der Waals surface area contributed by atoms with Crippen LogP contribution < -0.4 is 0 Å². The summed E-state index contributed by atoms with van der Waals surface area (Å²) in [5.74, 6) is 0. The smallest absolute Gasteiger partial charge is 0.0834 e. The quantitative estimate of drug-likeness (QED) is 0.564. The molecule has 2 nitrogen and oxygen atoms in total. The van der Waals surface area contributed by atoms with Crippen LogP contribution in [0.1, 0.15) is 25.3 Å². The molecule has 1 rings (SSSR count). The zero-order chi connectivity index (χ0) is 12.5. The molecule has 0 fully saturated rings. The molecule has 0 amide bonds. The highest BCUT2D eigenvalue weighted by Gasteiger charge is 2.06. The molecular formula is C14H21IN2. The van der Waals surface area contributed by atoms with E-state index in [1.54, 1.807) is 0 Å². The Hall–Kier alpha value is -0.420. The molecule has 1 aromatic carbocycles. The van der Waals surface area contributed by atoms with Gasteiger partial charge in [0.05, 0.1) is 3.72 Å². The van der Waals surface area contributed by atoms with Gasteiger partial charge in [-0.2, -0.15) is 0 Å².